The lowest BCUT2D eigenvalue weighted by molar-refractivity contribution is 0.326. The van der Waals surface area contributed by atoms with E-state index in [-0.39, 0.29) is 0 Å². The van der Waals surface area contributed by atoms with Crippen molar-refractivity contribution in [2.45, 2.75) is 13.5 Å². The van der Waals surface area contributed by atoms with Crippen LogP contribution >= 0.6 is 0 Å². The Morgan fingerprint density at radius 1 is 1.26 bits per heavy atom. The molecule has 5 heteroatoms. The Morgan fingerprint density at radius 3 is 2.84 bits per heavy atom. The average molecular weight is 258 g/mol. The molecule has 0 atom stereocenters. The van der Waals surface area contributed by atoms with Crippen molar-refractivity contribution in [1.29, 1.82) is 0 Å². The van der Waals surface area contributed by atoms with Gasteiger partial charge in [-0.3, -0.25) is 0 Å². The molecule has 0 saturated heterocycles. The Morgan fingerprint density at radius 2 is 2.11 bits per heavy atom. The Labute approximate surface area is 113 Å². The third-order valence-corrected chi connectivity index (χ3v) is 2.80. The molecule has 100 valence electrons. The molecule has 1 aromatic carbocycles. The van der Waals surface area contributed by atoms with Crippen molar-refractivity contribution in [3.8, 4) is 5.88 Å². The molecule has 0 saturated carbocycles. The molecular formula is C14H18N4O. The van der Waals surface area contributed by atoms with Crippen LogP contribution in [0.3, 0.4) is 0 Å². The first-order valence-corrected chi connectivity index (χ1v) is 6.22. The van der Waals surface area contributed by atoms with Crippen molar-refractivity contribution in [1.82, 2.24) is 9.97 Å². The van der Waals surface area contributed by atoms with E-state index < -0.39 is 0 Å². The first-order chi connectivity index (χ1) is 9.24. The van der Waals surface area contributed by atoms with Crippen molar-refractivity contribution in [2.24, 2.45) is 5.73 Å². The summed E-state index contributed by atoms with van der Waals surface area (Å²) in [6.45, 7) is 3.04. The smallest absolute Gasteiger partial charge is 0.218 e. The van der Waals surface area contributed by atoms with Crippen LogP contribution in [0.5, 0.6) is 5.88 Å². The highest BCUT2D eigenvalue weighted by Crippen LogP contribution is 2.24. The molecule has 1 heterocycles. The summed E-state index contributed by atoms with van der Waals surface area (Å²) < 4.78 is 5.38. The summed E-state index contributed by atoms with van der Waals surface area (Å²) in [4.78, 5) is 10.3. The molecule has 0 unspecified atom stereocenters. The van der Waals surface area contributed by atoms with Crippen LogP contribution in [0, 0.1) is 0 Å². The van der Waals surface area contributed by atoms with E-state index in [1.54, 1.807) is 0 Å². The van der Waals surface area contributed by atoms with E-state index in [4.69, 9.17) is 10.5 Å². The van der Waals surface area contributed by atoms with Gasteiger partial charge >= 0.3 is 0 Å². The third kappa shape index (κ3) is 3.20. The molecule has 0 bridgehead atoms. The van der Waals surface area contributed by atoms with E-state index in [9.17, 15) is 0 Å². The number of hydrogen-bond donors (Lipinski definition) is 1. The molecule has 1 aromatic heterocycles. The van der Waals surface area contributed by atoms with Gasteiger partial charge < -0.3 is 15.4 Å². The van der Waals surface area contributed by atoms with E-state index in [0.29, 0.717) is 19.0 Å². The maximum Gasteiger partial charge on any atom is 0.218 e. The fraction of sp³-hybridized carbons (Fsp3) is 0.286. The molecule has 2 N–H and O–H groups in total. The number of aromatic nitrogens is 2. The number of rotatable bonds is 5. The zero-order valence-corrected chi connectivity index (χ0v) is 11.2. The lowest BCUT2D eigenvalue weighted by atomic mass is 10.2. The van der Waals surface area contributed by atoms with Crippen LogP contribution in [0.4, 0.5) is 11.5 Å². The van der Waals surface area contributed by atoms with Gasteiger partial charge in [0.05, 0.1) is 6.61 Å². The normalized spacial score (nSPS) is 10.3. The van der Waals surface area contributed by atoms with Crippen molar-refractivity contribution >= 4 is 11.5 Å². The van der Waals surface area contributed by atoms with Crippen molar-refractivity contribution in [3.05, 3.63) is 42.2 Å². The number of ether oxygens (including phenoxy) is 1. The summed E-state index contributed by atoms with van der Waals surface area (Å²) in [6, 6.07) is 9.87. The third-order valence-electron chi connectivity index (χ3n) is 2.80. The van der Waals surface area contributed by atoms with Gasteiger partial charge in [-0.2, -0.15) is 0 Å². The molecule has 19 heavy (non-hydrogen) atoms. The van der Waals surface area contributed by atoms with Crippen LogP contribution < -0.4 is 15.4 Å². The van der Waals surface area contributed by atoms with Gasteiger partial charge in [0.15, 0.2) is 0 Å². The second kappa shape index (κ2) is 6.15. The van der Waals surface area contributed by atoms with Crippen LogP contribution in [0.25, 0.3) is 0 Å². The Bertz CT molecular complexity index is 544. The predicted molar refractivity (Wildman–Crippen MR) is 75.6 cm³/mol. The summed E-state index contributed by atoms with van der Waals surface area (Å²) in [5.41, 5.74) is 7.78. The number of benzene rings is 1. The van der Waals surface area contributed by atoms with Crippen LogP contribution in [0.1, 0.15) is 12.5 Å². The Hall–Kier alpha value is -2.14. The highest BCUT2D eigenvalue weighted by Gasteiger charge is 2.07. The highest BCUT2D eigenvalue weighted by molar-refractivity contribution is 5.60. The quantitative estimate of drug-likeness (QED) is 0.889. The van der Waals surface area contributed by atoms with Gasteiger partial charge in [0.1, 0.15) is 12.1 Å². The molecule has 2 aromatic rings. The lowest BCUT2D eigenvalue weighted by Gasteiger charge is -2.19. The van der Waals surface area contributed by atoms with E-state index in [0.717, 1.165) is 17.1 Å². The van der Waals surface area contributed by atoms with Gasteiger partial charge in [0.25, 0.3) is 0 Å². The Kier molecular flexibility index (Phi) is 4.30. The minimum atomic E-state index is 0.523. The first-order valence-electron chi connectivity index (χ1n) is 6.22. The van der Waals surface area contributed by atoms with Gasteiger partial charge in [-0.05, 0) is 24.6 Å². The molecule has 2 rings (SSSR count). The van der Waals surface area contributed by atoms with Crippen LogP contribution in [0.15, 0.2) is 36.7 Å². The predicted octanol–water partition coefficient (Wildman–Crippen LogP) is 2.10. The minimum absolute atomic E-state index is 0.523. The van der Waals surface area contributed by atoms with Gasteiger partial charge in [0, 0.05) is 25.3 Å². The number of anilines is 2. The second-order valence-electron chi connectivity index (χ2n) is 4.08. The molecule has 5 nitrogen and oxygen atoms in total. The molecule has 0 spiro atoms. The standard InChI is InChI=1S/C14H18N4O/c1-3-19-14-8-13(16-10-17-14)18(2)12-6-4-5-11(7-12)9-15/h4-8,10H,3,9,15H2,1-2H3. The SMILES string of the molecule is CCOc1cc(N(C)c2cccc(CN)c2)ncn1. The summed E-state index contributed by atoms with van der Waals surface area (Å²) >= 11 is 0. The maximum atomic E-state index is 5.66. The van der Waals surface area contributed by atoms with E-state index >= 15 is 0 Å². The number of nitrogens with two attached hydrogens (primary N) is 1. The second-order valence-corrected chi connectivity index (χ2v) is 4.08. The van der Waals surface area contributed by atoms with Crippen molar-refractivity contribution in [2.75, 3.05) is 18.6 Å². The lowest BCUT2D eigenvalue weighted by Crippen LogP contribution is -2.12. The largest absolute Gasteiger partial charge is 0.478 e. The topological polar surface area (TPSA) is 64.3 Å². The zero-order chi connectivity index (χ0) is 13.7. The summed E-state index contributed by atoms with van der Waals surface area (Å²) in [5.74, 6) is 1.36. The summed E-state index contributed by atoms with van der Waals surface area (Å²) in [7, 11) is 1.95. The molecule has 0 fully saturated rings. The van der Waals surface area contributed by atoms with Crippen LogP contribution in [-0.4, -0.2) is 23.6 Å². The highest BCUT2D eigenvalue weighted by atomic mass is 16.5. The monoisotopic (exact) mass is 258 g/mol. The molecule has 0 aliphatic heterocycles. The van der Waals surface area contributed by atoms with Crippen molar-refractivity contribution in [3.63, 3.8) is 0 Å². The number of hydrogen-bond acceptors (Lipinski definition) is 5. The number of nitrogens with zero attached hydrogens (tertiary/aromatic N) is 3. The minimum Gasteiger partial charge on any atom is -0.478 e. The van der Waals surface area contributed by atoms with Gasteiger partial charge in [-0.15, -0.1) is 0 Å². The van der Waals surface area contributed by atoms with Crippen LogP contribution in [0.2, 0.25) is 0 Å². The average Bonchev–Trinajstić information content (AvgIpc) is 2.47. The summed E-state index contributed by atoms with van der Waals surface area (Å²) in [6.07, 6.45) is 1.50. The van der Waals surface area contributed by atoms with Gasteiger partial charge in [-0.25, -0.2) is 9.97 Å². The molecule has 0 aliphatic rings. The molecule has 0 amide bonds. The summed E-state index contributed by atoms with van der Waals surface area (Å²) in [5, 5.41) is 0. The van der Waals surface area contributed by atoms with E-state index in [1.165, 1.54) is 6.33 Å². The fourth-order valence-corrected chi connectivity index (χ4v) is 1.76. The molecule has 0 radical (unpaired) electrons. The Balaban J connectivity index is 2.27. The van der Waals surface area contributed by atoms with Gasteiger partial charge in [0.2, 0.25) is 5.88 Å². The van der Waals surface area contributed by atoms with Crippen molar-refractivity contribution < 1.29 is 4.74 Å². The zero-order valence-electron chi connectivity index (χ0n) is 11.2. The fourth-order valence-electron chi connectivity index (χ4n) is 1.76. The molecular weight excluding hydrogens is 240 g/mol. The van der Waals surface area contributed by atoms with E-state index in [1.807, 2.05) is 49.2 Å². The molecule has 0 aliphatic carbocycles. The van der Waals surface area contributed by atoms with E-state index in [2.05, 4.69) is 9.97 Å². The maximum absolute atomic E-state index is 5.66. The van der Waals surface area contributed by atoms with Crippen LogP contribution in [-0.2, 0) is 6.54 Å². The van der Waals surface area contributed by atoms with Gasteiger partial charge in [-0.1, -0.05) is 12.1 Å². The first kappa shape index (κ1) is 13.3.